The maximum atomic E-state index is 10.8. The molecule has 0 saturated heterocycles. The molecule has 0 saturated carbocycles. The van der Waals surface area contributed by atoms with Gasteiger partial charge in [0.2, 0.25) is 0 Å². The predicted octanol–water partition coefficient (Wildman–Crippen LogP) is 4.09. The van der Waals surface area contributed by atoms with Crippen LogP contribution in [0.15, 0.2) is 53.9 Å². The first-order valence-electron chi connectivity index (χ1n) is 6.13. The number of non-ortho nitro benzene ring substituents is 1. The number of aromatic hydroxyl groups is 1. The van der Waals surface area contributed by atoms with Crippen molar-refractivity contribution < 1.29 is 10.0 Å². The van der Waals surface area contributed by atoms with Crippen molar-refractivity contribution >= 4 is 17.0 Å². The second-order valence-corrected chi connectivity index (χ2v) is 5.25. The second kappa shape index (κ2) is 5.34. The van der Waals surface area contributed by atoms with Crippen LogP contribution in [0.3, 0.4) is 0 Å². The van der Waals surface area contributed by atoms with E-state index in [1.54, 1.807) is 30.3 Å². The summed E-state index contributed by atoms with van der Waals surface area (Å²) in [5.41, 5.74) is 2.29. The molecule has 2 aromatic carbocycles. The van der Waals surface area contributed by atoms with Crippen molar-refractivity contribution in [3.63, 3.8) is 0 Å². The topological polar surface area (TPSA) is 76.3 Å². The number of aromatic nitrogens is 1. The molecule has 104 valence electrons. The molecule has 0 spiro atoms. The Labute approximate surface area is 124 Å². The summed E-state index contributed by atoms with van der Waals surface area (Å²) in [5, 5.41) is 22.9. The minimum Gasteiger partial charge on any atom is -0.508 e. The summed E-state index contributed by atoms with van der Waals surface area (Å²) in [6.45, 7) is 0. The molecule has 0 unspecified atom stereocenters. The van der Waals surface area contributed by atoms with Crippen molar-refractivity contribution in [2.75, 3.05) is 0 Å². The molecular weight excluding hydrogens is 288 g/mol. The van der Waals surface area contributed by atoms with E-state index in [-0.39, 0.29) is 11.4 Å². The average Bonchev–Trinajstić information content (AvgIpc) is 2.97. The number of thiazole rings is 1. The van der Waals surface area contributed by atoms with E-state index in [2.05, 4.69) is 4.98 Å². The van der Waals surface area contributed by atoms with Gasteiger partial charge in [0.05, 0.1) is 10.6 Å². The number of nitro groups is 1. The van der Waals surface area contributed by atoms with Gasteiger partial charge in [0.25, 0.3) is 5.69 Å². The van der Waals surface area contributed by atoms with E-state index < -0.39 is 4.92 Å². The molecule has 0 aliphatic carbocycles. The number of phenolic OH excluding ortho intramolecular Hbond substituents is 1. The van der Waals surface area contributed by atoms with Gasteiger partial charge in [0.1, 0.15) is 10.8 Å². The van der Waals surface area contributed by atoms with E-state index >= 15 is 0 Å². The Kier molecular flexibility index (Phi) is 3.37. The Balaban J connectivity index is 1.98. The van der Waals surface area contributed by atoms with Crippen LogP contribution in [0.5, 0.6) is 5.75 Å². The highest BCUT2D eigenvalue weighted by atomic mass is 32.1. The normalized spacial score (nSPS) is 10.5. The van der Waals surface area contributed by atoms with E-state index in [4.69, 9.17) is 0 Å². The quantitative estimate of drug-likeness (QED) is 0.583. The Morgan fingerprint density at radius 3 is 2.62 bits per heavy atom. The van der Waals surface area contributed by atoms with E-state index in [0.29, 0.717) is 10.6 Å². The van der Waals surface area contributed by atoms with Crippen molar-refractivity contribution in [2.45, 2.75) is 0 Å². The molecule has 1 N–H and O–H groups in total. The first kappa shape index (κ1) is 13.3. The lowest BCUT2D eigenvalue weighted by Gasteiger charge is -1.98. The molecule has 6 heteroatoms. The highest BCUT2D eigenvalue weighted by molar-refractivity contribution is 7.13. The second-order valence-electron chi connectivity index (χ2n) is 4.40. The van der Waals surface area contributed by atoms with Crippen LogP contribution < -0.4 is 0 Å². The summed E-state index contributed by atoms with van der Waals surface area (Å²) in [4.78, 5) is 14.9. The maximum absolute atomic E-state index is 10.8. The third-order valence-electron chi connectivity index (χ3n) is 2.95. The van der Waals surface area contributed by atoms with Crippen LogP contribution >= 0.6 is 11.3 Å². The smallest absolute Gasteiger partial charge is 0.270 e. The first-order chi connectivity index (χ1) is 10.1. The van der Waals surface area contributed by atoms with Gasteiger partial charge < -0.3 is 5.11 Å². The number of hydrogen-bond donors (Lipinski definition) is 1. The van der Waals surface area contributed by atoms with Crippen LogP contribution in [0.4, 0.5) is 5.69 Å². The lowest BCUT2D eigenvalue weighted by atomic mass is 10.1. The lowest BCUT2D eigenvalue weighted by Crippen LogP contribution is -1.87. The molecule has 0 fully saturated rings. The molecule has 0 amide bonds. The summed E-state index contributed by atoms with van der Waals surface area (Å²) in [7, 11) is 0. The van der Waals surface area contributed by atoms with Crippen LogP contribution in [0.2, 0.25) is 0 Å². The van der Waals surface area contributed by atoms with Gasteiger partial charge in [-0.2, -0.15) is 0 Å². The van der Waals surface area contributed by atoms with Gasteiger partial charge in [-0.25, -0.2) is 4.98 Å². The fraction of sp³-hybridized carbons (Fsp3) is 0. The predicted molar refractivity (Wildman–Crippen MR) is 81.3 cm³/mol. The van der Waals surface area contributed by atoms with E-state index in [0.717, 1.165) is 11.3 Å². The van der Waals surface area contributed by atoms with Gasteiger partial charge in [-0.15, -0.1) is 11.3 Å². The zero-order valence-corrected chi connectivity index (χ0v) is 11.6. The molecule has 0 aliphatic rings. The SMILES string of the molecule is O=[N+]([O-])c1cccc(-c2nc(-c3cccc(O)c3)cs2)c1. The zero-order valence-electron chi connectivity index (χ0n) is 10.8. The maximum Gasteiger partial charge on any atom is 0.270 e. The number of phenols is 1. The van der Waals surface area contributed by atoms with Crippen molar-refractivity contribution in [3.05, 3.63) is 64.0 Å². The molecule has 21 heavy (non-hydrogen) atoms. The number of rotatable bonds is 3. The van der Waals surface area contributed by atoms with Crippen LogP contribution in [-0.4, -0.2) is 15.0 Å². The molecule has 5 nitrogen and oxygen atoms in total. The minimum atomic E-state index is -0.423. The number of hydrogen-bond acceptors (Lipinski definition) is 5. The lowest BCUT2D eigenvalue weighted by molar-refractivity contribution is -0.384. The Morgan fingerprint density at radius 1 is 1.10 bits per heavy atom. The third kappa shape index (κ3) is 2.75. The summed E-state index contributed by atoms with van der Waals surface area (Å²) < 4.78 is 0. The summed E-state index contributed by atoms with van der Waals surface area (Å²) in [6.07, 6.45) is 0. The van der Waals surface area contributed by atoms with Crippen molar-refractivity contribution in [1.82, 2.24) is 4.98 Å². The van der Waals surface area contributed by atoms with Gasteiger partial charge in [-0.3, -0.25) is 10.1 Å². The number of nitrogens with zero attached hydrogens (tertiary/aromatic N) is 2. The highest BCUT2D eigenvalue weighted by Gasteiger charge is 2.11. The molecule has 1 aromatic heterocycles. The number of benzene rings is 2. The largest absolute Gasteiger partial charge is 0.508 e. The van der Waals surface area contributed by atoms with E-state index in [1.807, 2.05) is 11.4 Å². The highest BCUT2D eigenvalue weighted by Crippen LogP contribution is 2.31. The molecule has 0 bridgehead atoms. The van der Waals surface area contributed by atoms with Gasteiger partial charge in [0.15, 0.2) is 0 Å². The van der Waals surface area contributed by atoms with E-state index in [9.17, 15) is 15.2 Å². The zero-order chi connectivity index (χ0) is 14.8. The van der Waals surface area contributed by atoms with Crippen molar-refractivity contribution in [2.24, 2.45) is 0 Å². The van der Waals surface area contributed by atoms with Gasteiger partial charge in [-0.05, 0) is 12.1 Å². The average molecular weight is 298 g/mol. The summed E-state index contributed by atoms with van der Waals surface area (Å²) in [6, 6.07) is 13.2. The van der Waals surface area contributed by atoms with Crippen LogP contribution in [0.1, 0.15) is 0 Å². The summed E-state index contributed by atoms with van der Waals surface area (Å²) in [5.74, 6) is 0.178. The van der Waals surface area contributed by atoms with Crippen LogP contribution in [-0.2, 0) is 0 Å². The van der Waals surface area contributed by atoms with Crippen LogP contribution in [0.25, 0.3) is 21.8 Å². The van der Waals surface area contributed by atoms with Gasteiger partial charge >= 0.3 is 0 Å². The fourth-order valence-electron chi connectivity index (χ4n) is 1.96. The number of nitro benzene ring substituents is 1. The molecule has 3 rings (SSSR count). The molecule has 1 heterocycles. The monoisotopic (exact) mass is 298 g/mol. The Morgan fingerprint density at radius 2 is 1.86 bits per heavy atom. The fourth-order valence-corrected chi connectivity index (χ4v) is 2.78. The standard InChI is InChI=1S/C15H10N2O3S/c18-13-6-2-3-10(8-13)14-9-21-15(16-14)11-4-1-5-12(7-11)17(19)20/h1-9,18H. The summed E-state index contributed by atoms with van der Waals surface area (Å²) >= 11 is 1.41. The van der Waals surface area contributed by atoms with Gasteiger partial charge in [0, 0.05) is 28.6 Å². The van der Waals surface area contributed by atoms with Crippen LogP contribution in [0, 0.1) is 10.1 Å². The molecule has 3 aromatic rings. The van der Waals surface area contributed by atoms with Gasteiger partial charge in [-0.1, -0.05) is 24.3 Å². The first-order valence-corrected chi connectivity index (χ1v) is 7.01. The molecule has 0 aliphatic heterocycles. The Hall–Kier alpha value is -2.73. The third-order valence-corrected chi connectivity index (χ3v) is 3.84. The van der Waals surface area contributed by atoms with Crippen molar-refractivity contribution in [1.29, 1.82) is 0 Å². The Bertz CT molecular complexity index is 814. The molecule has 0 radical (unpaired) electrons. The van der Waals surface area contributed by atoms with E-state index in [1.165, 1.54) is 23.5 Å². The van der Waals surface area contributed by atoms with Crippen molar-refractivity contribution in [3.8, 4) is 27.6 Å². The molecular formula is C15H10N2O3S. The molecule has 0 atom stereocenters. The minimum absolute atomic E-state index is 0.0432.